The van der Waals surface area contributed by atoms with Crippen molar-refractivity contribution in [3.05, 3.63) is 65.6 Å². The van der Waals surface area contributed by atoms with Gasteiger partial charge in [-0.2, -0.15) is 0 Å². The van der Waals surface area contributed by atoms with Crippen molar-refractivity contribution in [1.29, 1.82) is 0 Å². The highest BCUT2D eigenvalue weighted by atomic mass is 32.1. The van der Waals surface area contributed by atoms with Gasteiger partial charge in [0, 0.05) is 36.7 Å². The minimum absolute atomic E-state index is 0.942. The monoisotopic (exact) mass is 308 g/mol. The molecule has 1 N–H and O–H groups in total. The molecule has 4 nitrogen and oxygen atoms in total. The lowest BCUT2D eigenvalue weighted by Gasteiger charge is -2.23. The van der Waals surface area contributed by atoms with Crippen LogP contribution in [-0.2, 0) is 0 Å². The van der Waals surface area contributed by atoms with Gasteiger partial charge in [0.2, 0.25) is 0 Å². The largest absolute Gasteiger partial charge is 0.354 e. The third-order valence-electron chi connectivity index (χ3n) is 3.64. The van der Waals surface area contributed by atoms with E-state index in [1.165, 1.54) is 4.88 Å². The number of fused-ring (bicyclic) bond motifs is 2. The van der Waals surface area contributed by atoms with Crippen LogP contribution in [0.2, 0.25) is 0 Å². The van der Waals surface area contributed by atoms with Crippen molar-refractivity contribution in [2.75, 3.05) is 12.4 Å². The van der Waals surface area contributed by atoms with E-state index in [0.29, 0.717) is 0 Å². The van der Waals surface area contributed by atoms with Crippen LogP contribution >= 0.6 is 11.3 Å². The molecule has 0 saturated carbocycles. The fourth-order valence-corrected chi connectivity index (χ4v) is 3.46. The van der Waals surface area contributed by atoms with Gasteiger partial charge in [0.05, 0.1) is 16.9 Å². The molecular weight excluding hydrogens is 292 g/mol. The Bertz CT molecular complexity index is 802. The van der Waals surface area contributed by atoms with Gasteiger partial charge >= 0.3 is 0 Å². The van der Waals surface area contributed by atoms with Gasteiger partial charge in [-0.25, -0.2) is 4.99 Å². The second-order valence-corrected chi connectivity index (χ2v) is 6.60. The van der Waals surface area contributed by atoms with E-state index in [-0.39, 0.29) is 0 Å². The summed E-state index contributed by atoms with van der Waals surface area (Å²) in [7, 11) is 2.01. The fourth-order valence-electron chi connectivity index (χ4n) is 2.54. The summed E-state index contributed by atoms with van der Waals surface area (Å²) in [6, 6.07) is 10.3. The van der Waals surface area contributed by atoms with Crippen molar-refractivity contribution in [2.24, 2.45) is 4.99 Å². The third-order valence-corrected chi connectivity index (χ3v) is 4.61. The number of nitrogens with one attached hydrogen (secondary N) is 1. The number of aryl methyl sites for hydroxylation is 1. The van der Waals surface area contributed by atoms with Crippen LogP contribution in [0.5, 0.6) is 0 Å². The van der Waals surface area contributed by atoms with Gasteiger partial charge < -0.3 is 15.1 Å². The summed E-state index contributed by atoms with van der Waals surface area (Å²) in [6.45, 7) is 2.13. The number of nitrogens with zero attached hydrogens (tertiary/aromatic N) is 3. The first-order valence-corrected chi connectivity index (χ1v) is 7.95. The normalized spacial score (nSPS) is 15.8. The number of amidine groups is 1. The number of anilines is 2. The molecule has 2 aromatic rings. The van der Waals surface area contributed by atoms with Crippen LogP contribution in [0.15, 0.2) is 60.1 Å². The Balaban J connectivity index is 1.88. The van der Waals surface area contributed by atoms with Crippen LogP contribution in [0.25, 0.3) is 0 Å². The highest BCUT2D eigenvalue weighted by Gasteiger charge is 2.22. The van der Waals surface area contributed by atoms with E-state index < -0.39 is 0 Å². The molecule has 0 amide bonds. The molecule has 0 atom stereocenters. The maximum atomic E-state index is 4.91. The standard InChI is InChI=1S/C17H16N4S/c1-12-11-13-16(21-9-7-20(2)8-10-21)18-14-5-3-4-6-15(14)19-17(13)22-12/h3-11,19H,1-2H3. The van der Waals surface area contributed by atoms with Crippen LogP contribution in [-0.4, -0.2) is 22.7 Å². The maximum Gasteiger partial charge on any atom is 0.147 e. The predicted octanol–water partition coefficient (Wildman–Crippen LogP) is 4.38. The lowest BCUT2D eigenvalue weighted by Crippen LogP contribution is -2.24. The number of para-hydroxylation sites is 2. The van der Waals surface area contributed by atoms with E-state index >= 15 is 0 Å². The Morgan fingerprint density at radius 1 is 1.09 bits per heavy atom. The third kappa shape index (κ3) is 2.19. The summed E-state index contributed by atoms with van der Waals surface area (Å²) >= 11 is 1.76. The minimum atomic E-state index is 0.942. The summed E-state index contributed by atoms with van der Waals surface area (Å²) in [5.74, 6) is 0.942. The van der Waals surface area contributed by atoms with Crippen molar-refractivity contribution in [1.82, 2.24) is 9.80 Å². The maximum absolute atomic E-state index is 4.91. The number of rotatable bonds is 0. The molecule has 2 aliphatic rings. The smallest absolute Gasteiger partial charge is 0.147 e. The number of aliphatic imine (C=N–C) groups is 1. The molecule has 2 aliphatic heterocycles. The summed E-state index contributed by atoms with van der Waals surface area (Å²) in [5.41, 5.74) is 3.14. The van der Waals surface area contributed by atoms with Gasteiger partial charge in [-0.15, -0.1) is 11.3 Å². The van der Waals surface area contributed by atoms with Crippen LogP contribution in [0.1, 0.15) is 10.4 Å². The van der Waals surface area contributed by atoms with Crippen molar-refractivity contribution >= 4 is 33.5 Å². The molecule has 1 aromatic carbocycles. The van der Waals surface area contributed by atoms with Crippen molar-refractivity contribution in [2.45, 2.75) is 6.92 Å². The molecule has 0 spiro atoms. The van der Waals surface area contributed by atoms with Gasteiger partial charge in [-0.05, 0) is 25.1 Å². The Hall–Kier alpha value is -2.53. The van der Waals surface area contributed by atoms with Crippen molar-refractivity contribution in [3.63, 3.8) is 0 Å². The van der Waals surface area contributed by atoms with E-state index in [9.17, 15) is 0 Å². The first-order chi connectivity index (χ1) is 10.7. The molecule has 0 saturated heterocycles. The highest BCUT2D eigenvalue weighted by Crippen LogP contribution is 2.39. The van der Waals surface area contributed by atoms with Crippen LogP contribution < -0.4 is 5.32 Å². The van der Waals surface area contributed by atoms with Crippen molar-refractivity contribution < 1.29 is 0 Å². The second kappa shape index (κ2) is 5.03. The molecule has 22 heavy (non-hydrogen) atoms. The first-order valence-electron chi connectivity index (χ1n) is 7.13. The molecule has 1 aromatic heterocycles. The van der Waals surface area contributed by atoms with E-state index in [1.807, 2.05) is 54.9 Å². The molecular formula is C17H16N4S. The zero-order chi connectivity index (χ0) is 15.1. The molecule has 0 aliphatic carbocycles. The number of hydrogen-bond donors (Lipinski definition) is 1. The Kier molecular flexibility index (Phi) is 3.01. The van der Waals surface area contributed by atoms with E-state index in [0.717, 1.165) is 27.8 Å². The average molecular weight is 308 g/mol. The van der Waals surface area contributed by atoms with E-state index in [4.69, 9.17) is 4.99 Å². The Morgan fingerprint density at radius 2 is 1.86 bits per heavy atom. The van der Waals surface area contributed by atoms with E-state index in [2.05, 4.69) is 29.3 Å². The summed E-state index contributed by atoms with van der Waals surface area (Å²) in [6.07, 6.45) is 8.10. The molecule has 0 fully saturated rings. The topological polar surface area (TPSA) is 30.9 Å². The zero-order valence-corrected chi connectivity index (χ0v) is 13.3. The summed E-state index contributed by atoms with van der Waals surface area (Å²) in [5, 5.41) is 4.66. The molecule has 0 radical (unpaired) electrons. The predicted molar refractivity (Wildman–Crippen MR) is 92.9 cm³/mol. The molecule has 4 rings (SSSR count). The van der Waals surface area contributed by atoms with Crippen LogP contribution in [0.4, 0.5) is 16.4 Å². The molecule has 0 unspecified atom stereocenters. The lowest BCUT2D eigenvalue weighted by molar-refractivity contribution is 0.562. The van der Waals surface area contributed by atoms with Gasteiger partial charge in [0.1, 0.15) is 10.8 Å². The number of benzene rings is 1. The molecule has 5 heteroatoms. The first kappa shape index (κ1) is 13.2. The molecule has 110 valence electrons. The Morgan fingerprint density at radius 3 is 2.68 bits per heavy atom. The molecule has 0 bridgehead atoms. The number of thiophene rings is 1. The molecule has 3 heterocycles. The highest BCUT2D eigenvalue weighted by molar-refractivity contribution is 7.16. The zero-order valence-electron chi connectivity index (χ0n) is 12.4. The fraction of sp³-hybridized carbons (Fsp3) is 0.118. The second-order valence-electron chi connectivity index (χ2n) is 5.35. The van der Waals surface area contributed by atoms with Crippen LogP contribution in [0.3, 0.4) is 0 Å². The average Bonchev–Trinajstić information content (AvgIpc) is 2.80. The minimum Gasteiger partial charge on any atom is -0.354 e. The Labute approximate surface area is 133 Å². The number of hydrogen-bond acceptors (Lipinski definition) is 5. The van der Waals surface area contributed by atoms with Gasteiger partial charge in [0.25, 0.3) is 0 Å². The van der Waals surface area contributed by atoms with Gasteiger partial charge in [0.15, 0.2) is 0 Å². The lowest BCUT2D eigenvalue weighted by atomic mass is 10.2. The van der Waals surface area contributed by atoms with Crippen molar-refractivity contribution in [3.8, 4) is 0 Å². The summed E-state index contributed by atoms with van der Waals surface area (Å²) in [4.78, 5) is 10.3. The van der Waals surface area contributed by atoms with Gasteiger partial charge in [-0.1, -0.05) is 12.1 Å². The SMILES string of the molecule is Cc1cc2c(s1)Nc1ccccc1N=C2N1C=CN(C)C=C1. The summed E-state index contributed by atoms with van der Waals surface area (Å²) < 4.78 is 0. The quantitative estimate of drug-likeness (QED) is 0.783. The van der Waals surface area contributed by atoms with Gasteiger partial charge in [-0.3, -0.25) is 0 Å². The van der Waals surface area contributed by atoms with Crippen LogP contribution in [0, 0.1) is 6.92 Å². The van der Waals surface area contributed by atoms with E-state index in [1.54, 1.807) is 11.3 Å².